The molecule has 23 heavy (non-hydrogen) atoms. The molecule has 0 aliphatic carbocycles. The Hall–Kier alpha value is -2.61. The van der Waals surface area contributed by atoms with Crippen LogP contribution < -0.4 is 15.3 Å². The third-order valence-electron chi connectivity index (χ3n) is 2.83. The summed E-state index contributed by atoms with van der Waals surface area (Å²) in [4.78, 5) is 25.1. The smallest absolute Gasteiger partial charge is 0.287 e. The van der Waals surface area contributed by atoms with Gasteiger partial charge in [-0.05, 0) is 41.1 Å². The van der Waals surface area contributed by atoms with Gasteiger partial charge in [-0.15, -0.1) is 0 Å². The second-order valence-electron chi connectivity index (χ2n) is 4.56. The Kier molecular flexibility index (Phi) is 5.53. The van der Waals surface area contributed by atoms with Crippen molar-refractivity contribution in [3.05, 3.63) is 52.3 Å². The number of rotatable bonds is 6. The van der Waals surface area contributed by atoms with Gasteiger partial charge in [0.05, 0.1) is 11.7 Å². The number of aliphatic carboxylic acids is 1. The summed E-state index contributed by atoms with van der Waals surface area (Å²) in [6.45, 7) is 1.18. The molecule has 0 bridgehead atoms. The van der Waals surface area contributed by atoms with Gasteiger partial charge in [0.15, 0.2) is 0 Å². The molecule has 2 aromatic rings. The molecule has 0 atom stereocenters. The highest BCUT2D eigenvalue weighted by Crippen LogP contribution is 2.14. The molecular formula is C15H13BrN3O4-. The molecule has 0 aliphatic rings. The fourth-order valence-corrected chi connectivity index (χ4v) is 2.05. The molecule has 2 rings (SSSR count). The molecule has 1 aromatic carbocycles. The number of carboxylic acids is 1. The Morgan fingerprint density at radius 3 is 2.83 bits per heavy atom. The number of amides is 1. The van der Waals surface area contributed by atoms with Crippen molar-refractivity contribution in [2.75, 3.05) is 6.61 Å². The number of hydrogen-bond donors (Lipinski definition) is 2. The molecule has 0 saturated heterocycles. The van der Waals surface area contributed by atoms with E-state index in [-0.39, 0.29) is 5.91 Å². The lowest BCUT2D eigenvalue weighted by molar-refractivity contribution is -0.307. The number of hydrazone groups is 1. The standard InChI is InChI=1S/C15H14BrN3O4/c1-9(18-19-15(22)13-6-11(16)7-17-13)10-3-2-4-12(5-10)23-8-14(20)21/h2-7,17H,8H2,1H3,(H,19,22)(H,20,21)/p-1/b18-9-. The second kappa shape index (κ2) is 7.59. The topological polar surface area (TPSA) is 107 Å². The van der Waals surface area contributed by atoms with Crippen LogP contribution in [0.2, 0.25) is 0 Å². The number of carbonyl (C=O) groups excluding carboxylic acids is 2. The van der Waals surface area contributed by atoms with Crippen molar-refractivity contribution in [1.29, 1.82) is 0 Å². The van der Waals surface area contributed by atoms with Gasteiger partial charge in [-0.1, -0.05) is 12.1 Å². The number of nitrogens with one attached hydrogen (secondary N) is 2. The molecule has 7 nitrogen and oxygen atoms in total. The van der Waals surface area contributed by atoms with E-state index in [0.717, 1.165) is 4.47 Å². The predicted molar refractivity (Wildman–Crippen MR) is 85.1 cm³/mol. The average molecular weight is 379 g/mol. The van der Waals surface area contributed by atoms with E-state index in [2.05, 4.69) is 31.4 Å². The third-order valence-corrected chi connectivity index (χ3v) is 3.28. The van der Waals surface area contributed by atoms with Crippen LogP contribution in [0.25, 0.3) is 0 Å². The minimum Gasteiger partial charge on any atom is -0.546 e. The highest BCUT2D eigenvalue weighted by atomic mass is 79.9. The Balaban J connectivity index is 2.04. The van der Waals surface area contributed by atoms with Gasteiger partial charge in [-0.25, -0.2) is 5.43 Å². The summed E-state index contributed by atoms with van der Waals surface area (Å²) in [5, 5.41) is 14.4. The van der Waals surface area contributed by atoms with E-state index in [1.165, 1.54) is 0 Å². The maximum Gasteiger partial charge on any atom is 0.287 e. The number of carbonyl (C=O) groups is 2. The number of halogens is 1. The van der Waals surface area contributed by atoms with Crippen LogP contribution >= 0.6 is 15.9 Å². The molecule has 1 amide bonds. The molecule has 120 valence electrons. The number of carboxylic acid groups (broad SMARTS) is 1. The molecule has 1 heterocycles. The van der Waals surface area contributed by atoms with Crippen LogP contribution in [-0.4, -0.2) is 29.2 Å². The second-order valence-corrected chi connectivity index (χ2v) is 5.47. The lowest BCUT2D eigenvalue weighted by Crippen LogP contribution is -2.28. The summed E-state index contributed by atoms with van der Waals surface area (Å²) in [5.74, 6) is -1.30. The summed E-state index contributed by atoms with van der Waals surface area (Å²) in [5.41, 5.74) is 4.04. The first kappa shape index (κ1) is 16.8. The fourth-order valence-electron chi connectivity index (χ4n) is 1.71. The molecule has 0 spiro atoms. The highest BCUT2D eigenvalue weighted by Gasteiger charge is 2.07. The quantitative estimate of drug-likeness (QED) is 0.578. The first-order valence-electron chi connectivity index (χ1n) is 6.57. The normalized spacial score (nSPS) is 11.1. The Morgan fingerprint density at radius 1 is 1.39 bits per heavy atom. The van der Waals surface area contributed by atoms with Gasteiger partial charge in [0.1, 0.15) is 18.1 Å². The van der Waals surface area contributed by atoms with Gasteiger partial charge in [0.2, 0.25) is 0 Å². The summed E-state index contributed by atoms with van der Waals surface area (Å²) in [7, 11) is 0. The number of aromatic nitrogens is 1. The van der Waals surface area contributed by atoms with Gasteiger partial charge >= 0.3 is 0 Å². The number of nitrogens with zero attached hydrogens (tertiary/aromatic N) is 1. The van der Waals surface area contributed by atoms with Crippen molar-refractivity contribution in [3.63, 3.8) is 0 Å². The van der Waals surface area contributed by atoms with Crippen molar-refractivity contribution in [1.82, 2.24) is 10.4 Å². The van der Waals surface area contributed by atoms with Crippen LogP contribution in [0.15, 0.2) is 46.1 Å². The maximum absolute atomic E-state index is 11.9. The van der Waals surface area contributed by atoms with E-state index in [4.69, 9.17) is 4.74 Å². The van der Waals surface area contributed by atoms with Crippen LogP contribution in [0.1, 0.15) is 23.0 Å². The highest BCUT2D eigenvalue weighted by molar-refractivity contribution is 9.10. The fraction of sp³-hybridized carbons (Fsp3) is 0.133. The third kappa shape index (κ3) is 4.96. The average Bonchev–Trinajstić information content (AvgIpc) is 2.97. The molecule has 8 heteroatoms. The van der Waals surface area contributed by atoms with Crippen LogP contribution in [0.5, 0.6) is 5.75 Å². The largest absolute Gasteiger partial charge is 0.546 e. The van der Waals surface area contributed by atoms with Crippen molar-refractivity contribution in [2.24, 2.45) is 5.10 Å². The number of ether oxygens (including phenoxy) is 1. The first-order valence-corrected chi connectivity index (χ1v) is 7.36. The van der Waals surface area contributed by atoms with Gasteiger partial charge < -0.3 is 19.6 Å². The lowest BCUT2D eigenvalue weighted by Gasteiger charge is -2.08. The molecule has 0 fully saturated rings. The van der Waals surface area contributed by atoms with Gasteiger partial charge in [0.25, 0.3) is 5.91 Å². The maximum atomic E-state index is 11.9. The molecule has 0 saturated carbocycles. The zero-order valence-corrected chi connectivity index (χ0v) is 13.7. The van der Waals surface area contributed by atoms with E-state index < -0.39 is 12.6 Å². The summed E-state index contributed by atoms with van der Waals surface area (Å²) < 4.78 is 5.81. The van der Waals surface area contributed by atoms with Crippen LogP contribution in [0.4, 0.5) is 0 Å². The van der Waals surface area contributed by atoms with Crippen molar-refractivity contribution in [3.8, 4) is 5.75 Å². The van der Waals surface area contributed by atoms with Crippen molar-refractivity contribution < 1.29 is 19.4 Å². The minimum absolute atomic E-state index is 0.375. The lowest BCUT2D eigenvalue weighted by atomic mass is 10.1. The van der Waals surface area contributed by atoms with Crippen molar-refractivity contribution >= 4 is 33.5 Å². The molecule has 0 unspecified atom stereocenters. The zero-order chi connectivity index (χ0) is 16.8. The number of H-pyrrole nitrogens is 1. The van der Waals surface area contributed by atoms with Crippen LogP contribution in [-0.2, 0) is 4.79 Å². The Labute approximate surface area is 140 Å². The minimum atomic E-state index is -1.30. The van der Waals surface area contributed by atoms with E-state index in [9.17, 15) is 14.7 Å². The Morgan fingerprint density at radius 2 is 2.17 bits per heavy atom. The molecule has 0 aliphatic heterocycles. The monoisotopic (exact) mass is 378 g/mol. The zero-order valence-electron chi connectivity index (χ0n) is 12.1. The van der Waals surface area contributed by atoms with Gasteiger partial charge in [-0.2, -0.15) is 5.10 Å². The summed E-state index contributed by atoms with van der Waals surface area (Å²) in [6.07, 6.45) is 1.64. The molecule has 0 radical (unpaired) electrons. The van der Waals surface area contributed by atoms with Crippen LogP contribution in [0, 0.1) is 0 Å². The summed E-state index contributed by atoms with van der Waals surface area (Å²) >= 11 is 3.24. The van der Waals surface area contributed by atoms with Gasteiger partial charge in [-0.3, -0.25) is 4.79 Å². The summed E-state index contributed by atoms with van der Waals surface area (Å²) in [6, 6.07) is 8.34. The molecule has 2 N–H and O–H groups in total. The number of aromatic amines is 1. The predicted octanol–water partition coefficient (Wildman–Crippen LogP) is 1.06. The number of hydrogen-bond acceptors (Lipinski definition) is 5. The van der Waals surface area contributed by atoms with Crippen LogP contribution in [0.3, 0.4) is 0 Å². The molecule has 1 aromatic heterocycles. The van der Waals surface area contributed by atoms with E-state index >= 15 is 0 Å². The first-order chi connectivity index (χ1) is 11.0. The van der Waals surface area contributed by atoms with E-state index in [0.29, 0.717) is 22.7 Å². The SMILES string of the molecule is C/C(=N/NC(=O)c1cc(Br)c[nH]1)c1cccc(OCC(=O)[O-])c1. The van der Waals surface area contributed by atoms with Crippen molar-refractivity contribution in [2.45, 2.75) is 6.92 Å². The Bertz CT molecular complexity index is 755. The van der Waals surface area contributed by atoms with E-state index in [1.54, 1.807) is 43.5 Å². The number of benzene rings is 1. The van der Waals surface area contributed by atoms with Gasteiger partial charge in [0, 0.05) is 16.2 Å². The van der Waals surface area contributed by atoms with E-state index in [1.807, 2.05) is 0 Å². The molecular weight excluding hydrogens is 366 g/mol.